The Balaban J connectivity index is 1.82. The van der Waals surface area contributed by atoms with E-state index in [4.69, 9.17) is 9.47 Å². The normalized spacial score (nSPS) is 46.8. The fourth-order valence-electron chi connectivity index (χ4n) is 3.79. The fraction of sp³-hybridized carbons (Fsp3) is 0.650. The molecule has 1 aliphatic carbocycles. The topological polar surface area (TPSA) is 59.1 Å². The highest BCUT2D eigenvalue weighted by Gasteiger charge is 2.52. The number of hydrogen-bond donors (Lipinski definition) is 1. The Labute approximate surface area is 144 Å². The summed E-state index contributed by atoms with van der Waals surface area (Å²) in [6.07, 6.45) is 9.81. The molecule has 132 valence electrons. The summed E-state index contributed by atoms with van der Waals surface area (Å²) in [4.78, 5) is 11.9. The van der Waals surface area contributed by atoms with Crippen LogP contribution in [0.5, 0.6) is 0 Å². The van der Waals surface area contributed by atoms with E-state index in [1.165, 1.54) is 0 Å². The number of hydrogen-bond acceptors (Lipinski definition) is 4. The first-order chi connectivity index (χ1) is 11.2. The number of rotatable bonds is 0. The van der Waals surface area contributed by atoms with Crippen LogP contribution in [0.15, 0.2) is 36.0 Å². The summed E-state index contributed by atoms with van der Waals surface area (Å²) < 4.78 is 11.4. The number of allylic oxidation sites excluding steroid dienone is 2. The summed E-state index contributed by atoms with van der Waals surface area (Å²) in [5.74, 6) is -0.251. The summed E-state index contributed by atoms with van der Waals surface area (Å²) in [5.41, 5.74) is 0.742. The number of epoxide rings is 1. The summed E-state index contributed by atoms with van der Waals surface area (Å²) in [7, 11) is 0. The van der Waals surface area contributed by atoms with E-state index in [-0.39, 0.29) is 29.7 Å². The minimum Gasteiger partial charge on any atom is -0.454 e. The van der Waals surface area contributed by atoms with Gasteiger partial charge in [-0.3, -0.25) is 0 Å². The van der Waals surface area contributed by atoms with Crippen LogP contribution in [0, 0.1) is 5.92 Å². The average molecular weight is 332 g/mol. The van der Waals surface area contributed by atoms with Crippen molar-refractivity contribution in [2.75, 3.05) is 0 Å². The Bertz CT molecular complexity index is 601. The van der Waals surface area contributed by atoms with Crippen LogP contribution in [0.1, 0.15) is 52.9 Å². The number of carbonyl (C=O) groups is 1. The van der Waals surface area contributed by atoms with Gasteiger partial charge in [-0.2, -0.15) is 0 Å². The predicted octanol–water partition coefficient (Wildman–Crippen LogP) is 3.46. The molecular formula is C20H28O4. The Morgan fingerprint density at radius 1 is 1.29 bits per heavy atom. The lowest BCUT2D eigenvalue weighted by molar-refractivity contribution is -0.137. The Kier molecular flexibility index (Phi) is 4.47. The van der Waals surface area contributed by atoms with Crippen molar-refractivity contribution in [1.82, 2.24) is 0 Å². The standard InChI is InChI=1S/C20H28O4/c1-13-6-5-9-19(3,22)10-8-17-20(4,24-17)11-7-15-14(2)18(21)23-16(15)12-13/h5,9,12,15-17,22H,2,6-8,10-11H2,1,3-4H3/b9-5+,13-12+/t15-,16+,17-,19+,20-/m0/s1. The van der Waals surface area contributed by atoms with Gasteiger partial charge < -0.3 is 14.6 Å². The summed E-state index contributed by atoms with van der Waals surface area (Å²) >= 11 is 0. The van der Waals surface area contributed by atoms with Crippen molar-refractivity contribution in [2.45, 2.75) is 76.3 Å². The van der Waals surface area contributed by atoms with Gasteiger partial charge in [0.15, 0.2) is 0 Å². The lowest BCUT2D eigenvalue weighted by Gasteiger charge is -2.20. The van der Waals surface area contributed by atoms with Gasteiger partial charge in [0.1, 0.15) is 6.10 Å². The van der Waals surface area contributed by atoms with E-state index in [1.807, 2.05) is 32.1 Å². The average Bonchev–Trinajstić information content (AvgIpc) is 3.06. The Hall–Kier alpha value is -1.39. The molecule has 2 aliphatic heterocycles. The first-order valence-electron chi connectivity index (χ1n) is 8.85. The van der Waals surface area contributed by atoms with Crippen LogP contribution in [0.2, 0.25) is 0 Å². The van der Waals surface area contributed by atoms with Crippen LogP contribution in [0.25, 0.3) is 0 Å². The van der Waals surface area contributed by atoms with Crippen LogP contribution >= 0.6 is 0 Å². The van der Waals surface area contributed by atoms with E-state index in [9.17, 15) is 9.90 Å². The molecule has 0 aromatic carbocycles. The summed E-state index contributed by atoms with van der Waals surface area (Å²) in [5, 5.41) is 10.5. The van der Waals surface area contributed by atoms with E-state index in [1.54, 1.807) is 0 Å². The van der Waals surface area contributed by atoms with E-state index < -0.39 is 5.60 Å². The van der Waals surface area contributed by atoms with Crippen LogP contribution in [0.4, 0.5) is 0 Å². The molecule has 24 heavy (non-hydrogen) atoms. The molecule has 0 saturated carbocycles. The number of esters is 1. The smallest absolute Gasteiger partial charge is 0.334 e. The fourth-order valence-corrected chi connectivity index (χ4v) is 3.79. The second kappa shape index (κ2) is 6.16. The van der Waals surface area contributed by atoms with Crippen molar-refractivity contribution < 1.29 is 19.4 Å². The SMILES string of the molecule is C=C1C(=O)O[C@@H]2/C=C(\C)C/C=C/[C@@](C)(O)CC[C@@H]3O[C@@]3(C)CC[C@@H]12. The molecule has 0 unspecified atom stereocenters. The van der Waals surface area contributed by atoms with Gasteiger partial charge in [0.05, 0.1) is 17.3 Å². The van der Waals surface area contributed by atoms with Crippen molar-refractivity contribution >= 4 is 5.97 Å². The van der Waals surface area contributed by atoms with E-state index in [0.29, 0.717) is 12.0 Å². The maximum atomic E-state index is 11.9. The molecule has 1 N–H and O–H groups in total. The largest absolute Gasteiger partial charge is 0.454 e. The van der Waals surface area contributed by atoms with Gasteiger partial charge in [0, 0.05) is 11.5 Å². The molecule has 0 aromatic heterocycles. The predicted molar refractivity (Wildman–Crippen MR) is 92.4 cm³/mol. The molecule has 0 spiro atoms. The second-order valence-corrected chi connectivity index (χ2v) is 7.97. The lowest BCUT2D eigenvalue weighted by Crippen LogP contribution is -2.23. The highest BCUT2D eigenvalue weighted by Crippen LogP contribution is 2.46. The third-order valence-corrected chi connectivity index (χ3v) is 5.61. The lowest BCUT2D eigenvalue weighted by atomic mass is 9.85. The summed E-state index contributed by atoms with van der Waals surface area (Å²) in [6.45, 7) is 9.92. The maximum Gasteiger partial charge on any atom is 0.334 e. The zero-order valence-electron chi connectivity index (χ0n) is 14.9. The van der Waals surface area contributed by atoms with Gasteiger partial charge in [0.2, 0.25) is 0 Å². The molecule has 2 fully saturated rings. The monoisotopic (exact) mass is 332 g/mol. The van der Waals surface area contributed by atoms with Gasteiger partial charge in [-0.15, -0.1) is 0 Å². The molecule has 0 radical (unpaired) electrons. The maximum absolute atomic E-state index is 11.9. The van der Waals surface area contributed by atoms with E-state index >= 15 is 0 Å². The third-order valence-electron chi connectivity index (χ3n) is 5.61. The molecule has 3 rings (SSSR count). The van der Waals surface area contributed by atoms with E-state index in [2.05, 4.69) is 13.5 Å². The van der Waals surface area contributed by atoms with Gasteiger partial charge in [0.25, 0.3) is 0 Å². The highest BCUT2D eigenvalue weighted by atomic mass is 16.6. The van der Waals surface area contributed by atoms with Crippen LogP contribution in [0.3, 0.4) is 0 Å². The van der Waals surface area contributed by atoms with E-state index in [0.717, 1.165) is 31.3 Å². The Morgan fingerprint density at radius 2 is 2.04 bits per heavy atom. The van der Waals surface area contributed by atoms with Crippen LogP contribution in [-0.2, 0) is 14.3 Å². The molecule has 0 bridgehead atoms. The molecule has 4 nitrogen and oxygen atoms in total. The van der Waals surface area contributed by atoms with Gasteiger partial charge in [-0.1, -0.05) is 24.3 Å². The molecule has 5 atom stereocenters. The zero-order valence-corrected chi connectivity index (χ0v) is 14.9. The number of aliphatic hydroxyl groups is 1. The molecular weight excluding hydrogens is 304 g/mol. The molecule has 4 heteroatoms. The number of carbonyl (C=O) groups excluding carboxylic acids is 1. The van der Waals surface area contributed by atoms with Crippen molar-refractivity contribution in [2.24, 2.45) is 5.92 Å². The third kappa shape index (κ3) is 3.65. The molecule has 3 aliphatic rings. The quantitative estimate of drug-likeness (QED) is 0.319. The molecule has 0 aromatic rings. The van der Waals surface area contributed by atoms with Crippen LogP contribution in [-0.4, -0.2) is 34.5 Å². The summed E-state index contributed by atoms with van der Waals surface area (Å²) in [6, 6.07) is 0. The molecule has 2 heterocycles. The molecule has 0 amide bonds. The van der Waals surface area contributed by atoms with Crippen molar-refractivity contribution in [1.29, 1.82) is 0 Å². The number of ether oxygens (including phenoxy) is 2. The Morgan fingerprint density at radius 3 is 2.79 bits per heavy atom. The molecule has 2 saturated heterocycles. The van der Waals surface area contributed by atoms with Gasteiger partial charge in [-0.25, -0.2) is 4.79 Å². The van der Waals surface area contributed by atoms with Crippen molar-refractivity contribution in [3.05, 3.63) is 36.0 Å². The van der Waals surface area contributed by atoms with Gasteiger partial charge >= 0.3 is 5.97 Å². The van der Waals surface area contributed by atoms with Crippen molar-refractivity contribution in [3.8, 4) is 0 Å². The zero-order chi connectivity index (χ0) is 17.5. The highest BCUT2D eigenvalue weighted by molar-refractivity contribution is 5.91. The number of fused-ring (bicyclic) bond motifs is 2. The van der Waals surface area contributed by atoms with Gasteiger partial charge in [-0.05, 0) is 59.0 Å². The first kappa shape index (κ1) is 17.4. The second-order valence-electron chi connectivity index (χ2n) is 7.97. The van der Waals surface area contributed by atoms with Crippen molar-refractivity contribution in [3.63, 3.8) is 0 Å². The van der Waals surface area contributed by atoms with Crippen LogP contribution < -0.4 is 0 Å². The minimum atomic E-state index is -0.812. The minimum absolute atomic E-state index is 0.0316. The first-order valence-corrected chi connectivity index (χ1v) is 8.85.